The first-order valence-electron chi connectivity index (χ1n) is 9.69. The Balaban J connectivity index is 1.65. The number of rotatable bonds is 10. The Kier molecular flexibility index (Phi) is 7.51. The van der Waals surface area contributed by atoms with E-state index in [4.69, 9.17) is 0 Å². The van der Waals surface area contributed by atoms with Gasteiger partial charge < -0.3 is 0 Å². The highest BCUT2D eigenvalue weighted by atomic mass is 16.6. The number of nitro groups is 4. The Morgan fingerprint density at radius 2 is 0.917 bits per heavy atom. The third-order valence-corrected chi connectivity index (χ3v) is 4.51. The first-order chi connectivity index (χ1) is 17.2. The van der Waals surface area contributed by atoms with E-state index in [0.717, 1.165) is 24.3 Å². The van der Waals surface area contributed by atoms with Crippen LogP contribution in [0.1, 0.15) is 11.1 Å². The SMILES string of the molecule is O=[N+]([O-])c1ccc(N/N=C\c2ccc(/C=N/Nc3ccc([N+](=O)[O-])cc3[N+](=O)[O-])cc2)c([N+](=O)[O-])c1. The molecule has 2 N–H and O–H groups in total. The van der Waals surface area contributed by atoms with Crippen LogP contribution in [-0.2, 0) is 0 Å². The molecule has 0 spiro atoms. The van der Waals surface area contributed by atoms with Crippen LogP contribution in [0.3, 0.4) is 0 Å². The minimum absolute atomic E-state index is 0.0305. The fourth-order valence-electron chi connectivity index (χ4n) is 2.78. The maximum Gasteiger partial charge on any atom is 0.301 e. The second-order valence-electron chi connectivity index (χ2n) is 6.84. The highest BCUT2D eigenvalue weighted by molar-refractivity contribution is 5.85. The topological polar surface area (TPSA) is 221 Å². The summed E-state index contributed by atoms with van der Waals surface area (Å²) in [6, 6.07) is 12.8. The third kappa shape index (κ3) is 6.16. The van der Waals surface area contributed by atoms with Gasteiger partial charge in [0.05, 0.1) is 44.3 Å². The molecule has 0 heterocycles. The molecule has 0 saturated heterocycles. The van der Waals surface area contributed by atoms with Crippen molar-refractivity contribution >= 4 is 46.6 Å². The van der Waals surface area contributed by atoms with Crippen molar-refractivity contribution in [1.29, 1.82) is 0 Å². The molecule has 0 aliphatic heterocycles. The predicted octanol–water partition coefficient (Wildman–Crippen LogP) is 4.21. The van der Waals surface area contributed by atoms with Gasteiger partial charge in [-0.25, -0.2) is 0 Å². The zero-order valence-corrected chi connectivity index (χ0v) is 17.9. The maximum absolute atomic E-state index is 11.2. The van der Waals surface area contributed by atoms with Gasteiger partial charge in [-0.3, -0.25) is 51.3 Å². The van der Waals surface area contributed by atoms with Gasteiger partial charge in [0.25, 0.3) is 11.4 Å². The molecule has 16 heteroatoms. The van der Waals surface area contributed by atoms with Gasteiger partial charge >= 0.3 is 11.4 Å². The number of benzene rings is 3. The maximum atomic E-state index is 11.2. The van der Waals surface area contributed by atoms with E-state index in [1.807, 2.05) is 0 Å². The van der Waals surface area contributed by atoms with Gasteiger partial charge in [0, 0.05) is 12.1 Å². The largest absolute Gasteiger partial charge is 0.301 e. The van der Waals surface area contributed by atoms with E-state index in [2.05, 4.69) is 21.1 Å². The summed E-state index contributed by atoms with van der Waals surface area (Å²) in [6.45, 7) is 0. The highest BCUT2D eigenvalue weighted by Crippen LogP contribution is 2.29. The molecule has 0 fully saturated rings. The van der Waals surface area contributed by atoms with E-state index < -0.39 is 42.4 Å². The molecular weight excluding hydrogens is 480 g/mol. The van der Waals surface area contributed by atoms with Crippen molar-refractivity contribution in [2.24, 2.45) is 10.2 Å². The summed E-state index contributed by atoms with van der Waals surface area (Å²) >= 11 is 0. The van der Waals surface area contributed by atoms with Gasteiger partial charge in [0.1, 0.15) is 11.4 Å². The lowest BCUT2D eigenvalue weighted by molar-refractivity contribution is -0.393. The van der Waals surface area contributed by atoms with Crippen molar-refractivity contribution in [1.82, 2.24) is 0 Å². The fraction of sp³-hybridized carbons (Fsp3) is 0. The highest BCUT2D eigenvalue weighted by Gasteiger charge is 2.20. The number of hydrazone groups is 2. The summed E-state index contributed by atoms with van der Waals surface area (Å²) in [5.74, 6) is 0. The molecule has 16 nitrogen and oxygen atoms in total. The predicted molar refractivity (Wildman–Crippen MR) is 128 cm³/mol. The first-order valence-corrected chi connectivity index (χ1v) is 9.69. The fourth-order valence-corrected chi connectivity index (χ4v) is 2.78. The van der Waals surface area contributed by atoms with Crippen LogP contribution in [0.25, 0.3) is 0 Å². The smallest absolute Gasteiger partial charge is 0.272 e. The molecular formula is C20H14N8O8. The van der Waals surface area contributed by atoms with E-state index in [1.165, 1.54) is 24.6 Å². The molecule has 0 aromatic heterocycles. The molecule has 0 radical (unpaired) electrons. The number of hydrogen-bond donors (Lipinski definition) is 2. The summed E-state index contributed by atoms with van der Waals surface area (Å²) in [4.78, 5) is 40.9. The minimum Gasteiger partial charge on any atom is -0.272 e. The standard InChI is InChI=1S/C20H14N8O8/c29-25(30)15-5-7-17(19(9-15)27(33)34)23-21-11-13-1-2-14(4-3-13)12-22-24-18-8-6-16(26(31)32)10-20(18)28(35)36/h1-12,23-24H/b21-11-,22-12+. The monoisotopic (exact) mass is 494 g/mol. The van der Waals surface area contributed by atoms with Crippen LogP contribution < -0.4 is 10.9 Å². The van der Waals surface area contributed by atoms with Crippen LogP contribution in [0.4, 0.5) is 34.1 Å². The Morgan fingerprint density at radius 1 is 0.556 bits per heavy atom. The summed E-state index contributed by atoms with van der Waals surface area (Å²) in [5, 5.41) is 51.7. The van der Waals surface area contributed by atoms with Crippen LogP contribution in [0.15, 0.2) is 70.9 Å². The normalized spacial score (nSPS) is 10.9. The number of nitrogens with one attached hydrogen (secondary N) is 2. The van der Waals surface area contributed by atoms with Crippen molar-refractivity contribution in [3.63, 3.8) is 0 Å². The lowest BCUT2D eigenvalue weighted by Crippen LogP contribution is -1.99. The van der Waals surface area contributed by atoms with E-state index in [0.29, 0.717) is 11.1 Å². The Labute approximate surface area is 200 Å². The number of hydrogen-bond acceptors (Lipinski definition) is 12. The summed E-state index contributed by atoms with van der Waals surface area (Å²) in [6.07, 6.45) is 2.73. The molecule has 0 unspecified atom stereocenters. The first kappa shape index (κ1) is 24.8. The summed E-state index contributed by atoms with van der Waals surface area (Å²) in [7, 11) is 0. The molecule has 0 bridgehead atoms. The molecule has 0 aliphatic rings. The summed E-state index contributed by atoms with van der Waals surface area (Å²) < 4.78 is 0. The van der Waals surface area contributed by atoms with E-state index in [1.54, 1.807) is 24.3 Å². The summed E-state index contributed by atoms with van der Waals surface area (Å²) in [5.41, 5.74) is 4.22. The lowest BCUT2D eigenvalue weighted by Gasteiger charge is -2.02. The lowest BCUT2D eigenvalue weighted by atomic mass is 10.2. The Hall–Kier alpha value is -5.80. The Bertz CT molecular complexity index is 1300. The van der Waals surface area contributed by atoms with E-state index in [-0.39, 0.29) is 11.4 Å². The molecule has 0 aliphatic carbocycles. The van der Waals surface area contributed by atoms with E-state index in [9.17, 15) is 40.5 Å². The van der Waals surface area contributed by atoms with Crippen LogP contribution in [0, 0.1) is 40.5 Å². The molecule has 3 aromatic carbocycles. The molecule has 0 atom stereocenters. The molecule has 0 saturated carbocycles. The van der Waals surface area contributed by atoms with Crippen molar-refractivity contribution in [2.45, 2.75) is 0 Å². The van der Waals surface area contributed by atoms with Gasteiger partial charge in [0.15, 0.2) is 0 Å². The average Bonchev–Trinajstić information content (AvgIpc) is 2.84. The minimum atomic E-state index is -0.766. The van der Waals surface area contributed by atoms with Gasteiger partial charge in [-0.1, -0.05) is 24.3 Å². The van der Waals surface area contributed by atoms with Crippen LogP contribution in [0.5, 0.6) is 0 Å². The average molecular weight is 494 g/mol. The zero-order valence-electron chi connectivity index (χ0n) is 17.9. The van der Waals surface area contributed by atoms with Crippen LogP contribution >= 0.6 is 0 Å². The van der Waals surface area contributed by atoms with Crippen LogP contribution in [-0.4, -0.2) is 32.1 Å². The Morgan fingerprint density at radius 3 is 1.22 bits per heavy atom. The van der Waals surface area contributed by atoms with Gasteiger partial charge in [0.2, 0.25) is 0 Å². The molecule has 0 amide bonds. The van der Waals surface area contributed by atoms with Gasteiger partial charge in [-0.2, -0.15) is 10.2 Å². The second kappa shape index (κ2) is 10.9. The van der Waals surface area contributed by atoms with Crippen molar-refractivity contribution in [3.05, 3.63) is 112 Å². The number of non-ortho nitro benzene ring substituents is 2. The molecule has 182 valence electrons. The van der Waals surface area contributed by atoms with Gasteiger partial charge in [-0.05, 0) is 23.3 Å². The molecule has 3 rings (SSSR count). The molecule has 3 aromatic rings. The third-order valence-electron chi connectivity index (χ3n) is 4.51. The quantitative estimate of drug-likeness (QED) is 0.232. The van der Waals surface area contributed by atoms with Crippen molar-refractivity contribution in [3.8, 4) is 0 Å². The number of anilines is 2. The second-order valence-corrected chi connectivity index (χ2v) is 6.84. The van der Waals surface area contributed by atoms with Crippen molar-refractivity contribution in [2.75, 3.05) is 10.9 Å². The number of nitro benzene ring substituents is 4. The van der Waals surface area contributed by atoms with E-state index >= 15 is 0 Å². The van der Waals surface area contributed by atoms with Crippen molar-refractivity contribution < 1.29 is 19.7 Å². The molecule has 36 heavy (non-hydrogen) atoms. The zero-order chi connectivity index (χ0) is 26.2. The van der Waals surface area contributed by atoms with Gasteiger partial charge in [-0.15, -0.1) is 0 Å². The van der Waals surface area contributed by atoms with Crippen LogP contribution in [0.2, 0.25) is 0 Å². The number of nitrogens with zero attached hydrogens (tertiary/aromatic N) is 6.